The number of pyridine rings is 2. The zero-order valence-electron chi connectivity index (χ0n) is 12.6. The molecule has 0 saturated carbocycles. The first-order valence-corrected chi connectivity index (χ1v) is 8.21. The van der Waals surface area contributed by atoms with Crippen molar-refractivity contribution in [3.05, 3.63) is 29.5 Å². The third kappa shape index (κ3) is 3.40. The van der Waals surface area contributed by atoms with Gasteiger partial charge in [-0.05, 0) is 25.1 Å². The fourth-order valence-electron chi connectivity index (χ4n) is 2.08. The normalized spacial score (nSPS) is 10.7. The minimum atomic E-state index is -0.151. The Morgan fingerprint density at radius 3 is 2.91 bits per heavy atom. The van der Waals surface area contributed by atoms with Gasteiger partial charge in [0.15, 0.2) is 10.3 Å². The number of aromatic nitrogens is 3. The second kappa shape index (κ2) is 6.47. The average molecular weight is 348 g/mol. The number of amides is 1. The molecule has 118 valence electrons. The minimum Gasteiger partial charge on any atom is -0.383 e. The van der Waals surface area contributed by atoms with E-state index in [9.17, 15) is 4.79 Å². The van der Waals surface area contributed by atoms with E-state index in [1.165, 1.54) is 18.3 Å². The Labute approximate surface area is 141 Å². The average Bonchev–Trinajstić information content (AvgIpc) is 2.90. The van der Waals surface area contributed by atoms with Gasteiger partial charge in [-0.25, -0.2) is 15.0 Å². The van der Waals surface area contributed by atoms with Crippen LogP contribution >= 0.6 is 22.9 Å². The van der Waals surface area contributed by atoms with Crippen LogP contribution in [0.5, 0.6) is 0 Å². The van der Waals surface area contributed by atoms with Crippen LogP contribution < -0.4 is 10.6 Å². The van der Waals surface area contributed by atoms with Crippen molar-refractivity contribution in [2.45, 2.75) is 13.8 Å². The Hall–Kier alpha value is -2.25. The highest BCUT2D eigenvalue weighted by molar-refractivity contribution is 7.21. The van der Waals surface area contributed by atoms with Crippen molar-refractivity contribution >= 4 is 50.0 Å². The predicted molar refractivity (Wildman–Crippen MR) is 94.1 cm³/mol. The van der Waals surface area contributed by atoms with E-state index in [4.69, 9.17) is 11.6 Å². The zero-order valence-corrected chi connectivity index (χ0v) is 14.1. The SMILES string of the molecule is CCNc1cc(-c2ccc3nc(NC(C)=O)sc3n2)cnc1Cl. The number of carbonyl (C=O) groups excluding carboxylic acids is 1. The van der Waals surface area contributed by atoms with Crippen molar-refractivity contribution in [1.29, 1.82) is 0 Å². The summed E-state index contributed by atoms with van der Waals surface area (Å²) in [5.41, 5.74) is 3.16. The predicted octanol–water partition coefficient (Wildman–Crippen LogP) is 3.80. The second-order valence-corrected chi connectivity index (χ2v) is 6.15. The summed E-state index contributed by atoms with van der Waals surface area (Å²) in [6.45, 7) is 4.20. The van der Waals surface area contributed by atoms with E-state index in [2.05, 4.69) is 25.6 Å². The molecule has 0 spiro atoms. The highest BCUT2D eigenvalue weighted by atomic mass is 35.5. The van der Waals surface area contributed by atoms with Gasteiger partial charge in [0.2, 0.25) is 5.91 Å². The first-order valence-electron chi connectivity index (χ1n) is 7.01. The van der Waals surface area contributed by atoms with Crippen LogP contribution in [0.25, 0.3) is 21.6 Å². The number of fused-ring (bicyclic) bond motifs is 1. The molecule has 0 saturated heterocycles. The summed E-state index contributed by atoms with van der Waals surface area (Å²) >= 11 is 7.40. The molecule has 8 heteroatoms. The smallest absolute Gasteiger partial charge is 0.223 e. The molecule has 23 heavy (non-hydrogen) atoms. The largest absolute Gasteiger partial charge is 0.383 e. The fraction of sp³-hybridized carbons (Fsp3) is 0.200. The lowest BCUT2D eigenvalue weighted by molar-refractivity contribution is -0.114. The van der Waals surface area contributed by atoms with E-state index in [-0.39, 0.29) is 5.91 Å². The standard InChI is InChI=1S/C15H14ClN5OS/c1-3-17-12-6-9(7-18-13(12)16)10-4-5-11-14(20-10)23-15(21-11)19-8(2)22/h4-7,17H,3H2,1-2H3,(H,19,21,22). The van der Waals surface area contributed by atoms with Gasteiger partial charge < -0.3 is 10.6 Å². The third-order valence-electron chi connectivity index (χ3n) is 3.04. The molecule has 0 atom stereocenters. The molecule has 1 amide bonds. The molecule has 0 aromatic carbocycles. The van der Waals surface area contributed by atoms with Crippen LogP contribution in [0.4, 0.5) is 10.8 Å². The van der Waals surface area contributed by atoms with E-state index in [0.29, 0.717) is 10.3 Å². The molecular formula is C15H14ClN5OS. The van der Waals surface area contributed by atoms with Crippen molar-refractivity contribution < 1.29 is 4.79 Å². The van der Waals surface area contributed by atoms with Gasteiger partial charge in [0, 0.05) is 25.2 Å². The molecular weight excluding hydrogens is 334 g/mol. The van der Waals surface area contributed by atoms with Gasteiger partial charge in [0.1, 0.15) is 10.3 Å². The molecule has 3 heterocycles. The fourth-order valence-corrected chi connectivity index (χ4v) is 3.14. The number of hydrogen-bond acceptors (Lipinski definition) is 6. The molecule has 0 fully saturated rings. The summed E-state index contributed by atoms with van der Waals surface area (Å²) in [5, 5.41) is 6.82. The molecule has 3 aromatic rings. The molecule has 0 aliphatic carbocycles. The van der Waals surface area contributed by atoms with E-state index in [1.54, 1.807) is 6.20 Å². The molecule has 0 radical (unpaired) electrons. The lowest BCUT2D eigenvalue weighted by atomic mass is 10.2. The number of nitrogens with one attached hydrogen (secondary N) is 2. The number of carbonyl (C=O) groups is 1. The van der Waals surface area contributed by atoms with Gasteiger partial charge in [-0.2, -0.15) is 0 Å². The van der Waals surface area contributed by atoms with Crippen molar-refractivity contribution in [2.75, 3.05) is 17.2 Å². The van der Waals surface area contributed by atoms with E-state index in [1.807, 2.05) is 25.1 Å². The monoisotopic (exact) mass is 347 g/mol. The summed E-state index contributed by atoms with van der Waals surface area (Å²) in [7, 11) is 0. The molecule has 0 aliphatic heterocycles. The van der Waals surface area contributed by atoms with Gasteiger partial charge in [0.05, 0.1) is 11.4 Å². The lowest BCUT2D eigenvalue weighted by Crippen LogP contribution is -2.04. The van der Waals surface area contributed by atoms with Crippen molar-refractivity contribution in [3.8, 4) is 11.3 Å². The quantitative estimate of drug-likeness (QED) is 0.702. The Morgan fingerprint density at radius 2 is 2.17 bits per heavy atom. The molecule has 3 aromatic heterocycles. The van der Waals surface area contributed by atoms with Crippen LogP contribution in [0, 0.1) is 0 Å². The number of anilines is 2. The highest BCUT2D eigenvalue weighted by Crippen LogP contribution is 2.29. The molecule has 0 unspecified atom stereocenters. The molecule has 0 aliphatic rings. The number of rotatable bonds is 4. The number of nitrogens with zero attached hydrogens (tertiary/aromatic N) is 3. The highest BCUT2D eigenvalue weighted by Gasteiger charge is 2.10. The summed E-state index contributed by atoms with van der Waals surface area (Å²) in [6, 6.07) is 5.67. The number of hydrogen-bond donors (Lipinski definition) is 2. The Balaban J connectivity index is 1.99. The maximum atomic E-state index is 11.1. The van der Waals surface area contributed by atoms with E-state index in [0.717, 1.165) is 33.8 Å². The molecule has 2 N–H and O–H groups in total. The summed E-state index contributed by atoms with van der Waals surface area (Å²) in [6.07, 6.45) is 1.69. The van der Waals surface area contributed by atoms with Crippen LogP contribution in [-0.4, -0.2) is 27.4 Å². The van der Waals surface area contributed by atoms with Crippen molar-refractivity contribution in [2.24, 2.45) is 0 Å². The van der Waals surface area contributed by atoms with Gasteiger partial charge >= 0.3 is 0 Å². The lowest BCUT2D eigenvalue weighted by Gasteiger charge is -2.07. The number of halogens is 1. The zero-order chi connectivity index (χ0) is 16.4. The summed E-state index contributed by atoms with van der Waals surface area (Å²) in [4.78, 5) is 25.0. The van der Waals surface area contributed by atoms with Crippen LogP contribution in [0.1, 0.15) is 13.8 Å². The van der Waals surface area contributed by atoms with Gasteiger partial charge in [-0.15, -0.1) is 0 Å². The maximum absolute atomic E-state index is 11.1. The van der Waals surface area contributed by atoms with Crippen LogP contribution in [0.15, 0.2) is 24.4 Å². The van der Waals surface area contributed by atoms with Gasteiger partial charge in [-0.1, -0.05) is 22.9 Å². The Bertz CT molecular complexity index is 879. The Morgan fingerprint density at radius 1 is 1.35 bits per heavy atom. The van der Waals surface area contributed by atoms with E-state index >= 15 is 0 Å². The van der Waals surface area contributed by atoms with Crippen LogP contribution in [0.3, 0.4) is 0 Å². The molecule has 0 bridgehead atoms. The molecule has 3 rings (SSSR count). The van der Waals surface area contributed by atoms with Crippen molar-refractivity contribution in [3.63, 3.8) is 0 Å². The Kier molecular flexibility index (Phi) is 4.40. The summed E-state index contributed by atoms with van der Waals surface area (Å²) < 4.78 is 0. The summed E-state index contributed by atoms with van der Waals surface area (Å²) in [5.74, 6) is -0.151. The maximum Gasteiger partial charge on any atom is 0.223 e. The first-order chi connectivity index (χ1) is 11.1. The topological polar surface area (TPSA) is 79.8 Å². The van der Waals surface area contributed by atoms with Crippen LogP contribution in [-0.2, 0) is 4.79 Å². The second-order valence-electron chi connectivity index (χ2n) is 4.81. The third-order valence-corrected chi connectivity index (χ3v) is 4.22. The van der Waals surface area contributed by atoms with Crippen LogP contribution in [0.2, 0.25) is 5.15 Å². The van der Waals surface area contributed by atoms with Crippen molar-refractivity contribution in [1.82, 2.24) is 15.0 Å². The molecule has 6 nitrogen and oxygen atoms in total. The first kappa shape index (κ1) is 15.6. The van der Waals surface area contributed by atoms with Gasteiger partial charge in [0.25, 0.3) is 0 Å². The van der Waals surface area contributed by atoms with Gasteiger partial charge in [-0.3, -0.25) is 4.79 Å². The minimum absolute atomic E-state index is 0.151. The van der Waals surface area contributed by atoms with E-state index < -0.39 is 0 Å². The number of thiazole rings is 1.